The monoisotopic (exact) mass is 358 g/mol. The molecule has 3 heteroatoms. The summed E-state index contributed by atoms with van der Waals surface area (Å²) in [5.74, 6) is 0.611. The van der Waals surface area contributed by atoms with Gasteiger partial charge in [-0.15, -0.1) is 0 Å². The Hall–Kier alpha value is -2.62. The van der Waals surface area contributed by atoms with Gasteiger partial charge in [0.05, 0.1) is 29.9 Å². The molecule has 3 rings (SSSR count). The predicted molar refractivity (Wildman–Crippen MR) is 107 cm³/mol. The largest absolute Gasteiger partial charge is 0.380 e. The summed E-state index contributed by atoms with van der Waals surface area (Å²) < 4.78 is 5.81. The third-order valence-corrected chi connectivity index (χ3v) is 5.70. The Bertz CT molecular complexity index is 870. The van der Waals surface area contributed by atoms with Crippen LogP contribution in [0.1, 0.15) is 79.3 Å². The molecule has 1 atom stereocenters. The fourth-order valence-electron chi connectivity index (χ4n) is 4.11. The smallest absolute Gasteiger partial charge is 0.0995 e. The standard InChI is InChI=1S/C24H26N2O/c1-16(2)18-5-7-21(8-6-18)24(9-10-27-15-24)22-11-19(13-25)23(17(3)4)20(12-22)14-26/h5-8,11-12,16-17H,9-10,15H2,1-4H3. The predicted octanol–water partition coefficient (Wildman–Crippen LogP) is 5.38. The molecule has 0 amide bonds. The van der Waals surface area contributed by atoms with Gasteiger partial charge in [0.2, 0.25) is 0 Å². The molecule has 27 heavy (non-hydrogen) atoms. The zero-order valence-corrected chi connectivity index (χ0v) is 16.5. The highest BCUT2D eigenvalue weighted by Gasteiger charge is 2.39. The van der Waals surface area contributed by atoms with Gasteiger partial charge in [0.25, 0.3) is 0 Å². The van der Waals surface area contributed by atoms with E-state index >= 15 is 0 Å². The Kier molecular flexibility index (Phi) is 5.36. The first-order chi connectivity index (χ1) is 12.9. The zero-order valence-electron chi connectivity index (χ0n) is 16.5. The van der Waals surface area contributed by atoms with Crippen molar-refractivity contribution in [3.8, 4) is 12.1 Å². The minimum atomic E-state index is -0.303. The second-order valence-corrected chi connectivity index (χ2v) is 8.02. The molecule has 1 unspecified atom stereocenters. The van der Waals surface area contributed by atoms with E-state index < -0.39 is 0 Å². The van der Waals surface area contributed by atoms with E-state index in [0.717, 1.165) is 17.5 Å². The Balaban J connectivity index is 2.19. The summed E-state index contributed by atoms with van der Waals surface area (Å²) in [6.07, 6.45) is 0.852. The van der Waals surface area contributed by atoms with Crippen molar-refractivity contribution in [2.45, 2.75) is 51.4 Å². The summed E-state index contributed by atoms with van der Waals surface area (Å²) in [5, 5.41) is 19.4. The van der Waals surface area contributed by atoms with Crippen LogP contribution in [0.25, 0.3) is 0 Å². The van der Waals surface area contributed by atoms with Crippen molar-refractivity contribution in [2.75, 3.05) is 13.2 Å². The van der Waals surface area contributed by atoms with Gasteiger partial charge in [-0.25, -0.2) is 0 Å². The highest BCUT2D eigenvalue weighted by Crippen LogP contribution is 2.42. The van der Waals surface area contributed by atoms with Crippen LogP contribution in [0.3, 0.4) is 0 Å². The van der Waals surface area contributed by atoms with Crippen LogP contribution in [-0.2, 0) is 10.2 Å². The van der Waals surface area contributed by atoms with Crippen LogP contribution in [-0.4, -0.2) is 13.2 Å². The maximum atomic E-state index is 9.72. The van der Waals surface area contributed by atoms with Gasteiger partial charge in [-0.2, -0.15) is 10.5 Å². The quantitative estimate of drug-likeness (QED) is 0.737. The fourth-order valence-corrected chi connectivity index (χ4v) is 4.11. The van der Waals surface area contributed by atoms with E-state index in [1.807, 2.05) is 26.0 Å². The fraction of sp³-hybridized carbons (Fsp3) is 0.417. The van der Waals surface area contributed by atoms with Crippen LogP contribution >= 0.6 is 0 Å². The normalized spacial score (nSPS) is 19.3. The molecule has 0 spiro atoms. The molecule has 0 N–H and O–H groups in total. The summed E-state index contributed by atoms with van der Waals surface area (Å²) in [6, 6.07) is 17.3. The molecule has 0 bridgehead atoms. The summed E-state index contributed by atoms with van der Waals surface area (Å²) in [4.78, 5) is 0. The van der Waals surface area contributed by atoms with Crippen molar-refractivity contribution in [2.24, 2.45) is 0 Å². The topological polar surface area (TPSA) is 56.8 Å². The van der Waals surface area contributed by atoms with Crippen LogP contribution in [0.4, 0.5) is 0 Å². The van der Waals surface area contributed by atoms with Gasteiger partial charge in [-0.05, 0) is 52.6 Å². The highest BCUT2D eigenvalue weighted by atomic mass is 16.5. The number of nitrogens with zero attached hydrogens (tertiary/aromatic N) is 2. The first-order valence-corrected chi connectivity index (χ1v) is 9.59. The summed E-state index contributed by atoms with van der Waals surface area (Å²) in [7, 11) is 0. The van der Waals surface area contributed by atoms with Crippen molar-refractivity contribution in [1.82, 2.24) is 0 Å². The molecular formula is C24H26N2O. The molecule has 0 aliphatic carbocycles. The lowest BCUT2D eigenvalue weighted by Crippen LogP contribution is -2.28. The first-order valence-electron chi connectivity index (χ1n) is 9.59. The molecule has 3 nitrogen and oxygen atoms in total. The average Bonchev–Trinajstić information content (AvgIpc) is 3.17. The molecule has 1 saturated heterocycles. The summed E-state index contributed by atoms with van der Waals surface area (Å²) in [5.41, 5.74) is 5.24. The minimum absolute atomic E-state index is 0.129. The van der Waals surface area contributed by atoms with E-state index in [0.29, 0.717) is 30.3 Å². The average molecular weight is 358 g/mol. The van der Waals surface area contributed by atoms with Crippen LogP contribution in [0, 0.1) is 22.7 Å². The Morgan fingerprint density at radius 2 is 1.48 bits per heavy atom. The van der Waals surface area contributed by atoms with Crippen molar-refractivity contribution in [3.05, 3.63) is 69.8 Å². The number of rotatable bonds is 4. The summed E-state index contributed by atoms with van der Waals surface area (Å²) >= 11 is 0. The molecule has 2 aromatic rings. The number of hydrogen-bond donors (Lipinski definition) is 0. The lowest BCUT2D eigenvalue weighted by atomic mass is 9.72. The maximum absolute atomic E-state index is 9.72. The van der Waals surface area contributed by atoms with Gasteiger partial charge in [-0.3, -0.25) is 0 Å². The molecule has 1 aliphatic heterocycles. The lowest BCUT2D eigenvalue weighted by molar-refractivity contribution is 0.184. The second-order valence-electron chi connectivity index (χ2n) is 8.02. The van der Waals surface area contributed by atoms with E-state index in [-0.39, 0.29) is 11.3 Å². The lowest BCUT2D eigenvalue weighted by Gasteiger charge is -2.30. The summed E-state index contributed by atoms with van der Waals surface area (Å²) in [6.45, 7) is 9.68. The minimum Gasteiger partial charge on any atom is -0.380 e. The molecule has 0 radical (unpaired) electrons. The van der Waals surface area contributed by atoms with Crippen LogP contribution in [0.2, 0.25) is 0 Å². The van der Waals surface area contributed by atoms with Gasteiger partial charge in [0.1, 0.15) is 0 Å². The molecular weight excluding hydrogens is 332 g/mol. The molecule has 138 valence electrons. The third-order valence-electron chi connectivity index (χ3n) is 5.70. The SMILES string of the molecule is CC(C)c1ccc(C2(c3cc(C#N)c(C(C)C)c(C#N)c3)CCOC2)cc1. The third kappa shape index (κ3) is 3.36. The van der Waals surface area contributed by atoms with Gasteiger partial charge >= 0.3 is 0 Å². The van der Waals surface area contributed by atoms with Gasteiger partial charge in [0.15, 0.2) is 0 Å². The van der Waals surface area contributed by atoms with E-state index in [1.54, 1.807) is 0 Å². The van der Waals surface area contributed by atoms with Crippen LogP contribution in [0.15, 0.2) is 36.4 Å². The molecule has 1 fully saturated rings. The van der Waals surface area contributed by atoms with E-state index in [9.17, 15) is 10.5 Å². The van der Waals surface area contributed by atoms with E-state index in [4.69, 9.17) is 4.74 Å². The van der Waals surface area contributed by atoms with Crippen molar-refractivity contribution < 1.29 is 4.74 Å². The molecule has 2 aromatic carbocycles. The Morgan fingerprint density at radius 3 is 1.89 bits per heavy atom. The number of benzene rings is 2. The van der Waals surface area contributed by atoms with Crippen LogP contribution < -0.4 is 0 Å². The Labute approximate surface area is 162 Å². The van der Waals surface area contributed by atoms with E-state index in [1.165, 1.54) is 11.1 Å². The van der Waals surface area contributed by atoms with Gasteiger partial charge in [-0.1, -0.05) is 52.0 Å². The van der Waals surface area contributed by atoms with Gasteiger partial charge in [0, 0.05) is 12.0 Å². The molecule has 1 heterocycles. The van der Waals surface area contributed by atoms with E-state index in [2.05, 4.69) is 50.3 Å². The maximum Gasteiger partial charge on any atom is 0.0995 e. The van der Waals surface area contributed by atoms with Crippen molar-refractivity contribution in [3.63, 3.8) is 0 Å². The number of hydrogen-bond acceptors (Lipinski definition) is 3. The van der Waals surface area contributed by atoms with Gasteiger partial charge < -0.3 is 4.74 Å². The van der Waals surface area contributed by atoms with Crippen molar-refractivity contribution in [1.29, 1.82) is 10.5 Å². The number of nitriles is 2. The number of ether oxygens (including phenoxy) is 1. The van der Waals surface area contributed by atoms with Crippen molar-refractivity contribution >= 4 is 0 Å². The van der Waals surface area contributed by atoms with Crippen LogP contribution in [0.5, 0.6) is 0 Å². The second kappa shape index (κ2) is 7.55. The highest BCUT2D eigenvalue weighted by molar-refractivity contribution is 5.56. The molecule has 0 aromatic heterocycles. The first kappa shape index (κ1) is 19.2. The molecule has 0 saturated carbocycles. The zero-order chi connectivity index (χ0) is 19.6. The Morgan fingerprint density at radius 1 is 0.889 bits per heavy atom. The molecule has 1 aliphatic rings.